The lowest BCUT2D eigenvalue weighted by Crippen LogP contribution is -2.17. The summed E-state index contributed by atoms with van der Waals surface area (Å²) >= 11 is 0. The topological polar surface area (TPSA) is 30.5 Å². The molecule has 0 aliphatic heterocycles. The molecule has 164 valence electrons. The standard InChI is InChI=1S/C21H14F7NO2/c22-19-9-14(20(23,24)25)8-7-13(19)12-29-15-3-1-4-16(10-15)30-17-5-2-6-18(11-17)31-21(26,27)28/h1-11,29H,12H2. The fourth-order valence-electron chi connectivity index (χ4n) is 2.60. The molecule has 31 heavy (non-hydrogen) atoms. The summed E-state index contributed by atoms with van der Waals surface area (Å²) in [5.41, 5.74) is -0.600. The maximum atomic E-state index is 13.9. The lowest BCUT2D eigenvalue weighted by atomic mass is 10.1. The fraction of sp³-hybridized carbons (Fsp3) is 0.143. The van der Waals surface area contributed by atoms with E-state index in [0.717, 1.165) is 24.3 Å². The molecule has 3 aromatic carbocycles. The van der Waals surface area contributed by atoms with Crippen LogP contribution in [0.25, 0.3) is 0 Å². The predicted molar refractivity (Wildman–Crippen MR) is 98.4 cm³/mol. The molecule has 0 saturated carbocycles. The first-order chi connectivity index (χ1) is 14.5. The SMILES string of the molecule is Fc1cc(C(F)(F)F)ccc1CNc1cccc(Oc2cccc(OC(F)(F)F)c2)c1. The minimum Gasteiger partial charge on any atom is -0.457 e. The lowest BCUT2D eigenvalue weighted by Gasteiger charge is -2.13. The highest BCUT2D eigenvalue weighted by Gasteiger charge is 2.31. The van der Waals surface area contributed by atoms with Gasteiger partial charge in [-0.25, -0.2) is 4.39 Å². The highest BCUT2D eigenvalue weighted by Crippen LogP contribution is 2.31. The maximum Gasteiger partial charge on any atom is 0.573 e. The Bertz CT molecular complexity index is 1050. The van der Waals surface area contributed by atoms with Crippen LogP contribution in [0.5, 0.6) is 17.2 Å². The molecule has 1 N–H and O–H groups in total. The van der Waals surface area contributed by atoms with Crippen molar-refractivity contribution in [1.82, 2.24) is 0 Å². The molecule has 0 unspecified atom stereocenters. The Balaban J connectivity index is 1.67. The molecule has 0 aromatic heterocycles. The van der Waals surface area contributed by atoms with Crippen molar-refractivity contribution in [3.05, 3.63) is 83.7 Å². The third kappa shape index (κ3) is 6.53. The van der Waals surface area contributed by atoms with Crippen LogP contribution in [0.15, 0.2) is 66.7 Å². The van der Waals surface area contributed by atoms with Crippen molar-refractivity contribution in [2.24, 2.45) is 0 Å². The average molecular weight is 445 g/mol. The van der Waals surface area contributed by atoms with E-state index >= 15 is 0 Å². The largest absolute Gasteiger partial charge is 0.573 e. The van der Waals surface area contributed by atoms with Crippen LogP contribution in [-0.2, 0) is 12.7 Å². The number of hydrogen-bond acceptors (Lipinski definition) is 3. The summed E-state index contributed by atoms with van der Waals surface area (Å²) in [5, 5.41) is 2.85. The summed E-state index contributed by atoms with van der Waals surface area (Å²) < 4.78 is 98.2. The van der Waals surface area contributed by atoms with Crippen LogP contribution >= 0.6 is 0 Å². The van der Waals surface area contributed by atoms with Crippen molar-refractivity contribution < 1.29 is 40.2 Å². The molecule has 0 atom stereocenters. The molecule has 0 amide bonds. The Morgan fingerprint density at radius 1 is 0.742 bits per heavy atom. The highest BCUT2D eigenvalue weighted by atomic mass is 19.4. The van der Waals surface area contributed by atoms with Gasteiger partial charge in [-0.2, -0.15) is 13.2 Å². The summed E-state index contributed by atoms with van der Waals surface area (Å²) in [6.45, 7) is -0.0949. The predicted octanol–water partition coefficient (Wildman–Crippen LogP) is 7.15. The van der Waals surface area contributed by atoms with Crippen molar-refractivity contribution in [2.75, 3.05) is 5.32 Å². The minimum atomic E-state index is -4.84. The monoisotopic (exact) mass is 445 g/mol. The van der Waals surface area contributed by atoms with E-state index in [9.17, 15) is 30.7 Å². The lowest BCUT2D eigenvalue weighted by molar-refractivity contribution is -0.274. The van der Waals surface area contributed by atoms with Crippen LogP contribution in [0, 0.1) is 5.82 Å². The normalized spacial score (nSPS) is 11.8. The highest BCUT2D eigenvalue weighted by molar-refractivity contribution is 5.50. The van der Waals surface area contributed by atoms with E-state index in [2.05, 4.69) is 10.1 Å². The van der Waals surface area contributed by atoms with Gasteiger partial charge in [-0.15, -0.1) is 13.2 Å². The van der Waals surface area contributed by atoms with Crippen LogP contribution in [0.1, 0.15) is 11.1 Å². The summed E-state index contributed by atoms with van der Waals surface area (Å²) in [6.07, 6.45) is -9.48. The number of benzene rings is 3. The Labute approximate surface area is 172 Å². The van der Waals surface area contributed by atoms with E-state index < -0.39 is 29.7 Å². The number of ether oxygens (including phenoxy) is 2. The van der Waals surface area contributed by atoms with Crippen LogP contribution in [0.3, 0.4) is 0 Å². The zero-order valence-electron chi connectivity index (χ0n) is 15.5. The molecule has 0 saturated heterocycles. The molecule has 10 heteroatoms. The van der Waals surface area contributed by atoms with Crippen LogP contribution in [-0.4, -0.2) is 6.36 Å². The van der Waals surface area contributed by atoms with Gasteiger partial charge in [0.2, 0.25) is 0 Å². The molecule has 0 aliphatic carbocycles. The molecule has 3 aromatic rings. The second kappa shape index (κ2) is 8.75. The first-order valence-corrected chi connectivity index (χ1v) is 8.73. The van der Waals surface area contributed by atoms with Crippen molar-refractivity contribution in [2.45, 2.75) is 19.1 Å². The zero-order chi connectivity index (χ0) is 22.6. The van der Waals surface area contributed by atoms with E-state index in [1.165, 1.54) is 18.2 Å². The number of anilines is 1. The Kier molecular flexibility index (Phi) is 6.28. The summed E-state index contributed by atoms with van der Waals surface area (Å²) in [4.78, 5) is 0. The minimum absolute atomic E-state index is 0.0244. The third-order valence-corrected chi connectivity index (χ3v) is 3.97. The summed E-state index contributed by atoms with van der Waals surface area (Å²) in [5.74, 6) is -1.09. The molecule has 0 radical (unpaired) electrons. The Hall–Kier alpha value is -3.43. The van der Waals surface area contributed by atoms with Crippen LogP contribution in [0.4, 0.5) is 36.4 Å². The van der Waals surface area contributed by atoms with Gasteiger partial charge >= 0.3 is 12.5 Å². The maximum absolute atomic E-state index is 13.9. The van der Waals surface area contributed by atoms with Gasteiger partial charge in [-0.05, 0) is 36.4 Å². The summed E-state index contributed by atoms with van der Waals surface area (Å²) in [7, 11) is 0. The molecular weight excluding hydrogens is 431 g/mol. The fourth-order valence-corrected chi connectivity index (χ4v) is 2.60. The molecule has 3 nitrogen and oxygen atoms in total. The van der Waals surface area contributed by atoms with Gasteiger partial charge in [0, 0.05) is 29.9 Å². The quantitative estimate of drug-likeness (QED) is 0.409. The summed E-state index contributed by atoms with van der Waals surface area (Å²) in [6, 6.07) is 13.4. The van der Waals surface area contributed by atoms with E-state index in [0.29, 0.717) is 11.8 Å². The zero-order valence-corrected chi connectivity index (χ0v) is 15.5. The second-order valence-corrected chi connectivity index (χ2v) is 6.31. The van der Waals surface area contributed by atoms with E-state index in [1.807, 2.05) is 0 Å². The molecular formula is C21H14F7NO2. The van der Waals surface area contributed by atoms with Gasteiger partial charge in [-0.1, -0.05) is 18.2 Å². The van der Waals surface area contributed by atoms with Gasteiger partial charge in [0.1, 0.15) is 23.1 Å². The van der Waals surface area contributed by atoms with E-state index in [1.54, 1.807) is 18.2 Å². The number of halogens is 7. The van der Waals surface area contributed by atoms with Crippen LogP contribution in [0.2, 0.25) is 0 Å². The van der Waals surface area contributed by atoms with Crippen molar-refractivity contribution in [3.63, 3.8) is 0 Å². The van der Waals surface area contributed by atoms with Crippen molar-refractivity contribution in [1.29, 1.82) is 0 Å². The third-order valence-electron chi connectivity index (χ3n) is 3.97. The molecule has 0 spiro atoms. The van der Waals surface area contributed by atoms with Crippen LogP contribution < -0.4 is 14.8 Å². The smallest absolute Gasteiger partial charge is 0.457 e. The first-order valence-electron chi connectivity index (χ1n) is 8.73. The molecule has 0 fully saturated rings. The van der Waals surface area contributed by atoms with Gasteiger partial charge < -0.3 is 14.8 Å². The van der Waals surface area contributed by atoms with Gasteiger partial charge in [0.25, 0.3) is 0 Å². The molecule has 0 bridgehead atoms. The molecule has 0 heterocycles. The first kappa shape index (κ1) is 22.3. The average Bonchev–Trinajstić information content (AvgIpc) is 2.65. The molecule has 3 rings (SSSR count). The number of nitrogens with one attached hydrogen (secondary N) is 1. The Morgan fingerprint density at radius 2 is 1.39 bits per heavy atom. The van der Waals surface area contributed by atoms with Crippen molar-refractivity contribution in [3.8, 4) is 17.2 Å². The van der Waals surface area contributed by atoms with E-state index in [-0.39, 0.29) is 23.6 Å². The number of alkyl halides is 6. The molecule has 0 aliphatic rings. The van der Waals surface area contributed by atoms with Gasteiger partial charge in [0.15, 0.2) is 0 Å². The van der Waals surface area contributed by atoms with Gasteiger partial charge in [0.05, 0.1) is 5.56 Å². The van der Waals surface area contributed by atoms with Gasteiger partial charge in [-0.3, -0.25) is 0 Å². The Morgan fingerprint density at radius 3 is 2.03 bits per heavy atom. The number of hydrogen-bond donors (Lipinski definition) is 1. The van der Waals surface area contributed by atoms with E-state index in [4.69, 9.17) is 4.74 Å². The van der Waals surface area contributed by atoms with Crippen molar-refractivity contribution >= 4 is 5.69 Å². The number of rotatable bonds is 6. The second-order valence-electron chi connectivity index (χ2n) is 6.31.